The zero-order valence-corrected chi connectivity index (χ0v) is 14.8. The van der Waals surface area contributed by atoms with Crippen LogP contribution in [0.25, 0.3) is 11.4 Å². The van der Waals surface area contributed by atoms with Crippen molar-refractivity contribution in [2.24, 2.45) is 0 Å². The number of nitrogens with one attached hydrogen (secondary N) is 1. The molecule has 3 heterocycles. The lowest BCUT2D eigenvalue weighted by Crippen LogP contribution is -2.22. The van der Waals surface area contributed by atoms with Crippen molar-refractivity contribution in [3.05, 3.63) is 58.5 Å². The van der Waals surface area contributed by atoms with Gasteiger partial charge in [-0.25, -0.2) is 4.98 Å². The highest BCUT2D eigenvalue weighted by atomic mass is 32.1. The van der Waals surface area contributed by atoms with Crippen molar-refractivity contribution in [2.75, 3.05) is 6.79 Å². The van der Waals surface area contributed by atoms with E-state index in [9.17, 15) is 4.79 Å². The minimum absolute atomic E-state index is 0.00254. The van der Waals surface area contributed by atoms with Gasteiger partial charge in [0.1, 0.15) is 0 Å². The molecule has 1 amide bonds. The average Bonchev–Trinajstić information content (AvgIpc) is 3.34. The molecule has 2 aromatic heterocycles. The first kappa shape index (κ1) is 16.5. The van der Waals surface area contributed by atoms with Gasteiger partial charge in [0.05, 0.1) is 16.4 Å². The number of carbonyl (C=O) groups is 1. The Morgan fingerprint density at radius 1 is 1.15 bits per heavy atom. The lowest BCUT2D eigenvalue weighted by Gasteiger charge is -2.05. The second kappa shape index (κ2) is 7.53. The van der Waals surface area contributed by atoms with Crippen molar-refractivity contribution in [2.45, 2.75) is 19.4 Å². The van der Waals surface area contributed by atoms with E-state index in [2.05, 4.69) is 15.3 Å². The number of pyridine rings is 1. The van der Waals surface area contributed by atoms with Crippen LogP contribution in [0.1, 0.15) is 17.0 Å². The normalized spacial score (nSPS) is 12.2. The number of aryl methyl sites for hydroxylation is 1. The van der Waals surface area contributed by atoms with Crippen LogP contribution in [0, 0.1) is 0 Å². The Kier molecular flexibility index (Phi) is 4.79. The highest BCUT2D eigenvalue weighted by Crippen LogP contribution is 2.32. The monoisotopic (exact) mass is 367 g/mol. The van der Waals surface area contributed by atoms with Gasteiger partial charge in [0.15, 0.2) is 11.5 Å². The van der Waals surface area contributed by atoms with E-state index in [1.54, 1.807) is 17.5 Å². The summed E-state index contributed by atoms with van der Waals surface area (Å²) < 4.78 is 10.6. The van der Waals surface area contributed by atoms with Gasteiger partial charge < -0.3 is 14.8 Å². The van der Waals surface area contributed by atoms with Crippen LogP contribution in [0.5, 0.6) is 11.5 Å². The molecule has 1 aliphatic rings. The Balaban J connectivity index is 1.27. The largest absolute Gasteiger partial charge is 0.454 e. The third kappa shape index (κ3) is 3.83. The molecule has 3 aromatic rings. The Bertz CT molecular complexity index is 911. The molecule has 0 radical (unpaired) electrons. The van der Waals surface area contributed by atoms with Crippen LogP contribution in [0.3, 0.4) is 0 Å². The zero-order valence-electron chi connectivity index (χ0n) is 14.0. The van der Waals surface area contributed by atoms with Crippen LogP contribution in [0.4, 0.5) is 0 Å². The molecule has 4 rings (SSSR count). The number of hydrogen-bond donors (Lipinski definition) is 1. The average molecular weight is 367 g/mol. The van der Waals surface area contributed by atoms with Gasteiger partial charge in [-0.3, -0.25) is 9.78 Å². The molecule has 1 N–H and O–H groups in total. The van der Waals surface area contributed by atoms with E-state index in [1.807, 2.05) is 41.8 Å². The highest BCUT2D eigenvalue weighted by Gasteiger charge is 2.13. The molecular formula is C19H17N3O3S. The van der Waals surface area contributed by atoms with Crippen molar-refractivity contribution in [3.63, 3.8) is 0 Å². The van der Waals surface area contributed by atoms with Crippen molar-refractivity contribution in [3.8, 4) is 22.9 Å². The first-order valence-corrected chi connectivity index (χ1v) is 9.17. The van der Waals surface area contributed by atoms with E-state index in [-0.39, 0.29) is 12.7 Å². The minimum atomic E-state index is -0.00254. The predicted molar refractivity (Wildman–Crippen MR) is 98.1 cm³/mol. The SMILES string of the molecule is O=C(CCc1nc(-c2ccccn2)cs1)NCc1ccc2c(c1)OCO2. The van der Waals surface area contributed by atoms with Crippen molar-refractivity contribution < 1.29 is 14.3 Å². The summed E-state index contributed by atoms with van der Waals surface area (Å²) in [6.07, 6.45) is 2.77. The molecule has 0 saturated carbocycles. The molecule has 0 fully saturated rings. The van der Waals surface area contributed by atoms with Gasteiger partial charge in [-0.05, 0) is 29.8 Å². The van der Waals surface area contributed by atoms with Crippen molar-refractivity contribution >= 4 is 17.2 Å². The predicted octanol–water partition coefficient (Wildman–Crippen LogP) is 3.18. The molecule has 26 heavy (non-hydrogen) atoms. The molecule has 1 aliphatic heterocycles. The fourth-order valence-corrected chi connectivity index (χ4v) is 3.41. The lowest BCUT2D eigenvalue weighted by atomic mass is 10.2. The third-order valence-electron chi connectivity index (χ3n) is 3.97. The maximum absolute atomic E-state index is 12.1. The smallest absolute Gasteiger partial charge is 0.231 e. The molecule has 7 heteroatoms. The zero-order chi connectivity index (χ0) is 17.8. The second-order valence-corrected chi connectivity index (χ2v) is 6.75. The van der Waals surface area contributed by atoms with Crippen LogP contribution in [-0.2, 0) is 17.8 Å². The second-order valence-electron chi connectivity index (χ2n) is 5.81. The first-order chi connectivity index (χ1) is 12.8. The summed E-state index contributed by atoms with van der Waals surface area (Å²) in [7, 11) is 0. The first-order valence-electron chi connectivity index (χ1n) is 8.29. The standard InChI is InChI=1S/C19H17N3O3S/c23-18(21-10-13-4-5-16-17(9-13)25-12-24-16)6-7-19-22-15(11-26-19)14-3-1-2-8-20-14/h1-5,8-9,11H,6-7,10,12H2,(H,21,23). The molecule has 0 spiro atoms. The molecular weight excluding hydrogens is 350 g/mol. The number of benzene rings is 1. The summed E-state index contributed by atoms with van der Waals surface area (Å²) in [6, 6.07) is 11.4. The van der Waals surface area contributed by atoms with Crippen molar-refractivity contribution in [1.29, 1.82) is 0 Å². The summed E-state index contributed by atoms with van der Waals surface area (Å²) in [4.78, 5) is 20.9. The number of hydrogen-bond acceptors (Lipinski definition) is 6. The molecule has 1 aromatic carbocycles. The van der Waals surface area contributed by atoms with Gasteiger partial charge in [-0.15, -0.1) is 11.3 Å². The van der Waals surface area contributed by atoms with E-state index in [0.29, 0.717) is 19.4 Å². The van der Waals surface area contributed by atoms with Gasteiger partial charge >= 0.3 is 0 Å². The van der Waals surface area contributed by atoms with E-state index in [0.717, 1.165) is 33.5 Å². The van der Waals surface area contributed by atoms with Crippen LogP contribution >= 0.6 is 11.3 Å². The summed E-state index contributed by atoms with van der Waals surface area (Å²) in [5.74, 6) is 1.46. The van der Waals surface area contributed by atoms with Crippen LogP contribution in [0.2, 0.25) is 0 Å². The number of amides is 1. The topological polar surface area (TPSA) is 73.3 Å². The number of fused-ring (bicyclic) bond motifs is 1. The number of nitrogens with zero attached hydrogens (tertiary/aromatic N) is 2. The van der Waals surface area contributed by atoms with E-state index >= 15 is 0 Å². The van der Waals surface area contributed by atoms with Gasteiger partial charge in [-0.1, -0.05) is 12.1 Å². The fourth-order valence-electron chi connectivity index (χ4n) is 2.62. The molecule has 0 unspecified atom stereocenters. The number of ether oxygens (including phenoxy) is 2. The Morgan fingerprint density at radius 2 is 2.08 bits per heavy atom. The summed E-state index contributed by atoms with van der Waals surface area (Å²) in [5, 5.41) is 5.84. The molecule has 0 aliphatic carbocycles. The van der Waals surface area contributed by atoms with Gasteiger partial charge in [0.2, 0.25) is 12.7 Å². The Labute approximate surface area is 154 Å². The maximum atomic E-state index is 12.1. The molecule has 132 valence electrons. The van der Waals surface area contributed by atoms with Crippen LogP contribution < -0.4 is 14.8 Å². The molecule has 6 nitrogen and oxygen atoms in total. The van der Waals surface area contributed by atoms with Gasteiger partial charge in [0.25, 0.3) is 0 Å². The molecule has 0 atom stereocenters. The minimum Gasteiger partial charge on any atom is -0.454 e. The van der Waals surface area contributed by atoms with E-state index in [4.69, 9.17) is 9.47 Å². The van der Waals surface area contributed by atoms with Gasteiger partial charge in [-0.2, -0.15) is 0 Å². The lowest BCUT2D eigenvalue weighted by molar-refractivity contribution is -0.121. The van der Waals surface area contributed by atoms with Crippen molar-refractivity contribution in [1.82, 2.24) is 15.3 Å². The van der Waals surface area contributed by atoms with Crippen LogP contribution in [-0.4, -0.2) is 22.7 Å². The summed E-state index contributed by atoms with van der Waals surface area (Å²) in [6.45, 7) is 0.714. The summed E-state index contributed by atoms with van der Waals surface area (Å²) >= 11 is 1.55. The highest BCUT2D eigenvalue weighted by molar-refractivity contribution is 7.09. The fraction of sp³-hybridized carbons (Fsp3) is 0.211. The van der Waals surface area contributed by atoms with E-state index < -0.39 is 0 Å². The third-order valence-corrected chi connectivity index (χ3v) is 4.88. The molecule has 0 bridgehead atoms. The Morgan fingerprint density at radius 3 is 2.96 bits per heavy atom. The Hall–Kier alpha value is -2.93. The number of carbonyl (C=O) groups excluding carboxylic acids is 1. The quantitative estimate of drug-likeness (QED) is 0.724. The molecule has 0 saturated heterocycles. The van der Waals surface area contributed by atoms with Gasteiger partial charge in [0, 0.05) is 31.0 Å². The number of rotatable bonds is 6. The number of thiazole rings is 1. The van der Waals surface area contributed by atoms with Crippen LogP contribution in [0.15, 0.2) is 48.0 Å². The van der Waals surface area contributed by atoms with E-state index in [1.165, 1.54) is 0 Å². The summed E-state index contributed by atoms with van der Waals surface area (Å²) in [5.41, 5.74) is 2.68. The number of aromatic nitrogens is 2. The maximum Gasteiger partial charge on any atom is 0.231 e.